The highest BCUT2D eigenvalue weighted by atomic mass is 16.7. The molecule has 154 valence electrons. The Morgan fingerprint density at radius 2 is 1.63 bits per heavy atom. The number of benzene rings is 2. The third-order valence-corrected chi connectivity index (χ3v) is 6.05. The van der Waals surface area contributed by atoms with Crippen molar-refractivity contribution in [2.24, 2.45) is 5.92 Å². The fraction of sp³-hybridized carbons (Fsp3) is 0.333. The van der Waals surface area contributed by atoms with E-state index in [4.69, 9.17) is 9.47 Å². The van der Waals surface area contributed by atoms with Gasteiger partial charge in [0.1, 0.15) is 0 Å². The Bertz CT molecular complexity index is 980. The van der Waals surface area contributed by atoms with Crippen molar-refractivity contribution in [1.29, 1.82) is 0 Å². The lowest BCUT2D eigenvalue weighted by Gasteiger charge is -2.34. The summed E-state index contributed by atoms with van der Waals surface area (Å²) in [5.41, 5.74) is 2.14. The zero-order valence-electron chi connectivity index (χ0n) is 16.7. The maximum absolute atomic E-state index is 12.8. The molecule has 2 unspecified atom stereocenters. The lowest BCUT2D eigenvalue weighted by atomic mass is 10.1. The Kier molecular flexibility index (Phi) is 4.91. The normalized spacial score (nSPS) is 22.4. The van der Waals surface area contributed by atoms with Crippen LogP contribution in [0.3, 0.4) is 0 Å². The molecule has 0 spiro atoms. The van der Waals surface area contributed by atoms with E-state index in [0.29, 0.717) is 37.8 Å². The highest BCUT2D eigenvalue weighted by Gasteiger charge is 2.46. The second-order valence-electron chi connectivity index (χ2n) is 7.96. The van der Waals surface area contributed by atoms with Gasteiger partial charge >= 0.3 is 0 Å². The maximum atomic E-state index is 12.8. The number of amides is 2. The molecule has 0 bridgehead atoms. The number of piperazine rings is 1. The van der Waals surface area contributed by atoms with Gasteiger partial charge in [-0.2, -0.15) is 0 Å². The summed E-state index contributed by atoms with van der Waals surface area (Å²) in [6.07, 6.45) is 4.30. The molecule has 2 fully saturated rings. The Morgan fingerprint density at radius 1 is 0.900 bits per heavy atom. The molecule has 0 radical (unpaired) electrons. The van der Waals surface area contributed by atoms with Crippen molar-refractivity contribution in [3.05, 3.63) is 65.7 Å². The molecular formula is C24H24N2O4. The molecule has 0 N–H and O–H groups in total. The van der Waals surface area contributed by atoms with Gasteiger partial charge in [-0.05, 0) is 41.7 Å². The van der Waals surface area contributed by atoms with E-state index in [1.165, 1.54) is 5.56 Å². The fourth-order valence-electron chi connectivity index (χ4n) is 4.21. The second kappa shape index (κ2) is 7.86. The first-order valence-corrected chi connectivity index (χ1v) is 10.4. The number of nitrogens with zero attached hydrogens (tertiary/aromatic N) is 2. The SMILES string of the molecule is O=C(/C=C/c1ccc2c(c1)OCO2)N1CCN(C(=O)C2CC2c2ccccc2)CC1. The molecule has 2 heterocycles. The summed E-state index contributed by atoms with van der Waals surface area (Å²) < 4.78 is 10.7. The smallest absolute Gasteiger partial charge is 0.246 e. The number of rotatable bonds is 4. The minimum absolute atomic E-state index is 0.0339. The van der Waals surface area contributed by atoms with Gasteiger partial charge in [0.2, 0.25) is 18.6 Å². The molecular weight excluding hydrogens is 380 g/mol. The summed E-state index contributed by atoms with van der Waals surface area (Å²) in [6.45, 7) is 2.57. The molecule has 2 atom stereocenters. The number of fused-ring (bicyclic) bond motifs is 1. The predicted molar refractivity (Wildman–Crippen MR) is 112 cm³/mol. The molecule has 6 nitrogen and oxygen atoms in total. The molecule has 3 aliphatic rings. The molecule has 0 aromatic heterocycles. The first-order valence-electron chi connectivity index (χ1n) is 10.4. The van der Waals surface area contributed by atoms with E-state index in [-0.39, 0.29) is 24.5 Å². The van der Waals surface area contributed by atoms with Gasteiger partial charge in [-0.15, -0.1) is 0 Å². The molecule has 2 amide bonds. The van der Waals surface area contributed by atoms with Crippen LogP contribution in [0.4, 0.5) is 0 Å². The third-order valence-electron chi connectivity index (χ3n) is 6.05. The van der Waals surface area contributed by atoms with Crippen LogP contribution in [0.15, 0.2) is 54.6 Å². The summed E-state index contributed by atoms with van der Waals surface area (Å²) in [4.78, 5) is 29.1. The van der Waals surface area contributed by atoms with Crippen LogP contribution in [0.25, 0.3) is 6.08 Å². The van der Waals surface area contributed by atoms with Crippen LogP contribution in [0.5, 0.6) is 11.5 Å². The molecule has 2 aromatic carbocycles. The van der Waals surface area contributed by atoms with E-state index < -0.39 is 0 Å². The zero-order chi connectivity index (χ0) is 20.5. The number of hydrogen-bond acceptors (Lipinski definition) is 4. The molecule has 30 heavy (non-hydrogen) atoms. The van der Waals surface area contributed by atoms with Crippen LogP contribution in [0.2, 0.25) is 0 Å². The van der Waals surface area contributed by atoms with Gasteiger partial charge < -0.3 is 19.3 Å². The molecule has 2 aromatic rings. The number of carbonyl (C=O) groups excluding carboxylic acids is 2. The Morgan fingerprint density at radius 3 is 2.43 bits per heavy atom. The maximum Gasteiger partial charge on any atom is 0.246 e. The number of carbonyl (C=O) groups is 2. The predicted octanol–water partition coefficient (Wildman–Crippen LogP) is 2.90. The van der Waals surface area contributed by atoms with Gasteiger partial charge in [-0.25, -0.2) is 0 Å². The van der Waals surface area contributed by atoms with Gasteiger partial charge in [0.25, 0.3) is 0 Å². The largest absolute Gasteiger partial charge is 0.454 e. The van der Waals surface area contributed by atoms with Crippen LogP contribution >= 0.6 is 0 Å². The Hall–Kier alpha value is -3.28. The second-order valence-corrected chi connectivity index (χ2v) is 7.96. The molecule has 2 aliphatic heterocycles. The van der Waals surface area contributed by atoms with Gasteiger partial charge in [0.15, 0.2) is 11.5 Å². The first-order chi connectivity index (χ1) is 14.7. The van der Waals surface area contributed by atoms with Crippen LogP contribution in [0, 0.1) is 5.92 Å². The lowest BCUT2D eigenvalue weighted by Crippen LogP contribution is -2.50. The van der Waals surface area contributed by atoms with E-state index in [9.17, 15) is 9.59 Å². The van der Waals surface area contributed by atoms with E-state index in [2.05, 4.69) is 12.1 Å². The summed E-state index contributed by atoms with van der Waals surface area (Å²) in [6, 6.07) is 15.8. The standard InChI is InChI=1S/C24H24N2O4/c27-23(9-7-17-6-8-21-22(14-17)30-16-29-21)25-10-12-26(13-11-25)24(28)20-15-19(20)18-4-2-1-3-5-18/h1-9,14,19-20H,10-13,15-16H2/b9-7+. The van der Waals surface area contributed by atoms with E-state index in [0.717, 1.165) is 17.7 Å². The van der Waals surface area contributed by atoms with Crippen molar-refractivity contribution >= 4 is 17.9 Å². The molecule has 6 heteroatoms. The van der Waals surface area contributed by atoms with Gasteiger partial charge in [0.05, 0.1) is 0 Å². The zero-order valence-corrected chi connectivity index (χ0v) is 16.7. The van der Waals surface area contributed by atoms with E-state index in [1.54, 1.807) is 17.1 Å². The van der Waals surface area contributed by atoms with Gasteiger partial charge in [-0.3, -0.25) is 9.59 Å². The average Bonchev–Trinajstić information content (AvgIpc) is 3.47. The van der Waals surface area contributed by atoms with Crippen molar-refractivity contribution in [1.82, 2.24) is 9.80 Å². The van der Waals surface area contributed by atoms with E-state index in [1.807, 2.05) is 41.3 Å². The lowest BCUT2D eigenvalue weighted by molar-refractivity contribution is -0.138. The monoisotopic (exact) mass is 404 g/mol. The minimum Gasteiger partial charge on any atom is -0.454 e. The van der Waals surface area contributed by atoms with Crippen molar-refractivity contribution in [2.75, 3.05) is 33.0 Å². The van der Waals surface area contributed by atoms with Crippen molar-refractivity contribution in [2.45, 2.75) is 12.3 Å². The van der Waals surface area contributed by atoms with Crippen LogP contribution < -0.4 is 9.47 Å². The molecule has 1 saturated carbocycles. The topological polar surface area (TPSA) is 59.1 Å². The Balaban J connectivity index is 1.12. The average molecular weight is 404 g/mol. The molecule has 5 rings (SSSR count). The summed E-state index contributed by atoms with van der Waals surface area (Å²) in [5.74, 6) is 2.07. The van der Waals surface area contributed by atoms with Crippen LogP contribution in [0.1, 0.15) is 23.5 Å². The fourth-order valence-corrected chi connectivity index (χ4v) is 4.21. The van der Waals surface area contributed by atoms with Gasteiger partial charge in [0, 0.05) is 38.2 Å². The summed E-state index contributed by atoms with van der Waals surface area (Å²) in [5, 5.41) is 0. The highest BCUT2D eigenvalue weighted by Crippen LogP contribution is 2.48. The highest BCUT2D eigenvalue weighted by molar-refractivity contribution is 5.92. The quantitative estimate of drug-likeness (QED) is 0.736. The number of hydrogen-bond donors (Lipinski definition) is 0. The summed E-state index contributed by atoms with van der Waals surface area (Å²) in [7, 11) is 0. The van der Waals surface area contributed by atoms with Crippen LogP contribution in [-0.4, -0.2) is 54.6 Å². The van der Waals surface area contributed by atoms with Crippen molar-refractivity contribution in [3.63, 3.8) is 0 Å². The Labute approximate surface area is 175 Å². The minimum atomic E-state index is -0.0339. The summed E-state index contributed by atoms with van der Waals surface area (Å²) >= 11 is 0. The van der Waals surface area contributed by atoms with Crippen molar-refractivity contribution in [3.8, 4) is 11.5 Å². The first kappa shape index (κ1) is 18.7. The molecule has 1 saturated heterocycles. The third kappa shape index (κ3) is 3.77. The van der Waals surface area contributed by atoms with Crippen molar-refractivity contribution < 1.29 is 19.1 Å². The molecule has 1 aliphatic carbocycles. The number of ether oxygens (including phenoxy) is 2. The van der Waals surface area contributed by atoms with Crippen LogP contribution in [-0.2, 0) is 9.59 Å². The van der Waals surface area contributed by atoms with E-state index >= 15 is 0 Å². The van der Waals surface area contributed by atoms with Gasteiger partial charge in [-0.1, -0.05) is 36.4 Å².